The number of hydrogen-bond acceptors (Lipinski definition) is 4. The molecule has 5 heteroatoms. The van der Waals surface area contributed by atoms with E-state index in [-0.39, 0.29) is 0 Å². The topological polar surface area (TPSA) is 37.8 Å². The minimum Gasteiger partial charge on any atom is -0.349 e. The Balaban J connectivity index is 1.96. The number of nitrogens with one attached hydrogen (secondary N) is 1. The number of hydrogen-bond donors (Lipinski definition) is 1. The quantitative estimate of drug-likeness (QED) is 0.940. The Hall–Kier alpha value is -0.940. The maximum Gasteiger partial charge on any atom is 0.222 e. The summed E-state index contributed by atoms with van der Waals surface area (Å²) in [7, 11) is 0. The Morgan fingerprint density at radius 2 is 2.13 bits per heavy atom. The monoisotopic (exact) mass is 283 g/mol. The second kappa shape index (κ2) is 4.72. The van der Waals surface area contributed by atoms with Gasteiger partial charge in [-0.05, 0) is 34.5 Å². The van der Waals surface area contributed by atoms with E-state index in [1.807, 2.05) is 6.92 Å². The molecule has 0 aliphatic rings. The van der Waals surface area contributed by atoms with Crippen LogP contribution in [0.25, 0.3) is 0 Å². The molecule has 78 valence electrons. The molecule has 0 bridgehead atoms. The van der Waals surface area contributed by atoms with Crippen molar-refractivity contribution in [3.8, 4) is 0 Å². The van der Waals surface area contributed by atoms with Gasteiger partial charge in [0.2, 0.25) is 5.95 Å². The molecule has 0 aliphatic heterocycles. The van der Waals surface area contributed by atoms with Crippen molar-refractivity contribution in [1.29, 1.82) is 0 Å². The zero-order valence-electron chi connectivity index (χ0n) is 8.20. The van der Waals surface area contributed by atoms with Crippen LogP contribution in [0.4, 0.5) is 5.95 Å². The predicted molar refractivity (Wildman–Crippen MR) is 66.1 cm³/mol. The zero-order valence-corrected chi connectivity index (χ0v) is 10.6. The molecule has 0 radical (unpaired) electrons. The van der Waals surface area contributed by atoms with Crippen LogP contribution in [0.5, 0.6) is 0 Å². The van der Waals surface area contributed by atoms with E-state index in [0.717, 1.165) is 16.6 Å². The van der Waals surface area contributed by atoms with Gasteiger partial charge in [-0.1, -0.05) is 0 Å². The lowest BCUT2D eigenvalue weighted by Crippen LogP contribution is -2.01. The molecular weight excluding hydrogens is 274 g/mol. The first kappa shape index (κ1) is 10.6. The third kappa shape index (κ3) is 3.00. The first-order valence-electron chi connectivity index (χ1n) is 4.49. The fraction of sp³-hybridized carbons (Fsp3) is 0.200. The van der Waals surface area contributed by atoms with Crippen molar-refractivity contribution in [3.63, 3.8) is 0 Å². The van der Waals surface area contributed by atoms with Crippen LogP contribution in [0.1, 0.15) is 10.4 Å². The van der Waals surface area contributed by atoms with Crippen LogP contribution in [0.3, 0.4) is 0 Å². The number of nitrogens with zero attached hydrogens (tertiary/aromatic N) is 2. The van der Waals surface area contributed by atoms with E-state index in [2.05, 4.69) is 42.7 Å². The van der Waals surface area contributed by atoms with Crippen LogP contribution in [0.2, 0.25) is 0 Å². The summed E-state index contributed by atoms with van der Waals surface area (Å²) in [6.07, 6.45) is 3.61. The number of rotatable bonds is 3. The fourth-order valence-corrected chi connectivity index (χ4v) is 2.49. The van der Waals surface area contributed by atoms with E-state index < -0.39 is 0 Å². The highest BCUT2D eigenvalue weighted by Crippen LogP contribution is 2.20. The molecular formula is C10H10BrN3S. The Labute approximate surface area is 101 Å². The summed E-state index contributed by atoms with van der Waals surface area (Å²) in [5, 5.41) is 5.23. The number of aromatic nitrogens is 2. The molecule has 0 atom stereocenters. The molecule has 0 fully saturated rings. The first-order chi connectivity index (χ1) is 7.24. The number of halogens is 1. The minimum atomic E-state index is 0.671. The molecule has 0 amide bonds. The summed E-state index contributed by atoms with van der Waals surface area (Å²) >= 11 is 5.13. The lowest BCUT2D eigenvalue weighted by molar-refractivity contribution is 1.05. The van der Waals surface area contributed by atoms with Crippen molar-refractivity contribution in [1.82, 2.24) is 9.97 Å². The molecule has 15 heavy (non-hydrogen) atoms. The van der Waals surface area contributed by atoms with Gasteiger partial charge in [0.05, 0.1) is 6.54 Å². The van der Waals surface area contributed by atoms with E-state index in [4.69, 9.17) is 0 Å². The highest BCUT2D eigenvalue weighted by Gasteiger charge is 1.98. The van der Waals surface area contributed by atoms with Gasteiger partial charge in [-0.2, -0.15) is 0 Å². The van der Waals surface area contributed by atoms with E-state index in [0.29, 0.717) is 5.95 Å². The van der Waals surface area contributed by atoms with Crippen LogP contribution >= 0.6 is 27.3 Å². The second-order valence-corrected chi connectivity index (χ2v) is 5.08. The molecule has 0 saturated carbocycles. The SMILES string of the molecule is Cc1cnc(NCc2cc(Br)cs2)nc1. The van der Waals surface area contributed by atoms with E-state index in [1.54, 1.807) is 23.7 Å². The fourth-order valence-electron chi connectivity index (χ4n) is 1.10. The van der Waals surface area contributed by atoms with Crippen molar-refractivity contribution in [3.05, 3.63) is 38.8 Å². The summed E-state index contributed by atoms with van der Waals surface area (Å²) in [5.74, 6) is 0.671. The van der Waals surface area contributed by atoms with Crippen molar-refractivity contribution in [2.75, 3.05) is 5.32 Å². The maximum absolute atomic E-state index is 4.17. The maximum atomic E-state index is 4.17. The van der Waals surface area contributed by atoms with Crippen molar-refractivity contribution < 1.29 is 0 Å². The van der Waals surface area contributed by atoms with Gasteiger partial charge >= 0.3 is 0 Å². The van der Waals surface area contributed by atoms with E-state index >= 15 is 0 Å². The minimum absolute atomic E-state index is 0.671. The van der Waals surface area contributed by atoms with E-state index in [9.17, 15) is 0 Å². The molecule has 2 aromatic heterocycles. The summed E-state index contributed by atoms with van der Waals surface area (Å²) in [6.45, 7) is 2.74. The third-order valence-corrected chi connectivity index (χ3v) is 3.52. The van der Waals surface area contributed by atoms with Gasteiger partial charge in [-0.3, -0.25) is 0 Å². The van der Waals surface area contributed by atoms with Gasteiger partial charge in [0.25, 0.3) is 0 Å². The van der Waals surface area contributed by atoms with Crippen molar-refractivity contribution >= 4 is 33.2 Å². The van der Waals surface area contributed by atoms with Crippen LogP contribution in [-0.2, 0) is 6.54 Å². The number of aryl methyl sites for hydroxylation is 1. The standard InChI is InChI=1S/C10H10BrN3S/c1-7-3-12-10(13-4-7)14-5-9-2-8(11)6-15-9/h2-4,6H,5H2,1H3,(H,12,13,14). The van der Waals surface area contributed by atoms with Gasteiger partial charge in [0.15, 0.2) is 0 Å². The first-order valence-corrected chi connectivity index (χ1v) is 6.17. The van der Waals surface area contributed by atoms with Gasteiger partial charge in [-0.25, -0.2) is 9.97 Å². The highest BCUT2D eigenvalue weighted by atomic mass is 79.9. The zero-order chi connectivity index (χ0) is 10.7. The summed E-state index contributed by atoms with van der Waals surface area (Å²) in [4.78, 5) is 9.60. The molecule has 0 aliphatic carbocycles. The van der Waals surface area contributed by atoms with Gasteiger partial charge in [0.1, 0.15) is 0 Å². The Kier molecular flexibility index (Phi) is 3.33. The highest BCUT2D eigenvalue weighted by molar-refractivity contribution is 9.10. The Morgan fingerprint density at radius 1 is 1.40 bits per heavy atom. The van der Waals surface area contributed by atoms with Crippen molar-refractivity contribution in [2.24, 2.45) is 0 Å². The average Bonchev–Trinajstić information content (AvgIpc) is 2.64. The number of thiophene rings is 1. The van der Waals surface area contributed by atoms with Gasteiger partial charge < -0.3 is 5.32 Å². The van der Waals surface area contributed by atoms with Crippen LogP contribution in [0.15, 0.2) is 28.3 Å². The summed E-state index contributed by atoms with van der Waals surface area (Å²) in [5.41, 5.74) is 1.07. The van der Waals surface area contributed by atoms with Crippen LogP contribution < -0.4 is 5.32 Å². The van der Waals surface area contributed by atoms with E-state index in [1.165, 1.54) is 4.88 Å². The Bertz CT molecular complexity index is 438. The predicted octanol–water partition coefficient (Wildman–Crippen LogP) is 3.22. The lowest BCUT2D eigenvalue weighted by Gasteiger charge is -2.01. The Morgan fingerprint density at radius 3 is 2.73 bits per heavy atom. The van der Waals surface area contributed by atoms with Gasteiger partial charge in [0, 0.05) is 27.1 Å². The van der Waals surface area contributed by atoms with Gasteiger partial charge in [-0.15, -0.1) is 11.3 Å². The molecule has 2 heterocycles. The van der Waals surface area contributed by atoms with Crippen LogP contribution in [-0.4, -0.2) is 9.97 Å². The molecule has 3 nitrogen and oxygen atoms in total. The normalized spacial score (nSPS) is 10.3. The molecule has 0 spiro atoms. The summed E-state index contributed by atoms with van der Waals surface area (Å²) < 4.78 is 1.12. The average molecular weight is 284 g/mol. The van der Waals surface area contributed by atoms with Crippen LogP contribution in [0, 0.1) is 6.92 Å². The largest absolute Gasteiger partial charge is 0.349 e. The molecule has 0 unspecified atom stereocenters. The smallest absolute Gasteiger partial charge is 0.222 e. The molecule has 1 N–H and O–H groups in total. The third-order valence-electron chi connectivity index (χ3n) is 1.82. The second-order valence-electron chi connectivity index (χ2n) is 3.17. The molecule has 0 aromatic carbocycles. The molecule has 2 rings (SSSR count). The van der Waals surface area contributed by atoms with Crippen molar-refractivity contribution in [2.45, 2.75) is 13.5 Å². The molecule has 2 aromatic rings. The molecule has 0 saturated heterocycles. The summed E-state index contributed by atoms with van der Waals surface area (Å²) in [6, 6.07) is 2.09. The number of anilines is 1. The lowest BCUT2D eigenvalue weighted by atomic mass is 10.4.